The van der Waals surface area contributed by atoms with Gasteiger partial charge >= 0.3 is 0 Å². The van der Waals surface area contributed by atoms with Crippen molar-refractivity contribution in [2.45, 2.75) is 0 Å². The number of nitrogens with zero attached hydrogens (tertiary/aromatic N) is 1. The number of rotatable bonds is 2. The van der Waals surface area contributed by atoms with E-state index >= 15 is 0 Å². The minimum absolute atomic E-state index is 0.246. The summed E-state index contributed by atoms with van der Waals surface area (Å²) in [5.74, 6) is -0.459. The van der Waals surface area contributed by atoms with Crippen molar-refractivity contribution in [1.82, 2.24) is 0 Å². The van der Waals surface area contributed by atoms with Gasteiger partial charge in [-0.25, -0.2) is 4.90 Å². The van der Waals surface area contributed by atoms with Crippen LogP contribution in [-0.2, 0) is 4.79 Å². The van der Waals surface area contributed by atoms with Crippen LogP contribution in [0, 0.1) is 0 Å². The van der Waals surface area contributed by atoms with Crippen molar-refractivity contribution >= 4 is 81.1 Å². The first-order valence-corrected chi connectivity index (χ1v) is 8.88. The fraction of sp³-hybridized carbons (Fsp3) is 0. The van der Waals surface area contributed by atoms with E-state index in [0.29, 0.717) is 26.3 Å². The maximum absolute atomic E-state index is 12.6. The van der Waals surface area contributed by atoms with Crippen molar-refractivity contribution in [3.05, 3.63) is 67.0 Å². The second-order valence-corrected chi connectivity index (χ2v) is 7.35. The maximum Gasteiger partial charge on any atom is 0.298 e. The molecular formula is C16H7Cl4NO2S. The molecule has 0 bridgehead atoms. The molecule has 0 N–H and O–H groups in total. The quantitative estimate of drug-likeness (QED) is 0.519. The minimum atomic E-state index is -0.459. The first-order chi connectivity index (χ1) is 11.4. The number of amides is 2. The van der Waals surface area contributed by atoms with E-state index in [9.17, 15) is 9.59 Å². The zero-order chi connectivity index (χ0) is 17.4. The zero-order valence-electron chi connectivity index (χ0n) is 11.7. The number of halogens is 4. The maximum atomic E-state index is 12.6. The Labute approximate surface area is 162 Å². The number of imide groups is 1. The summed E-state index contributed by atoms with van der Waals surface area (Å²) >= 11 is 24.7. The second-order valence-electron chi connectivity index (χ2n) is 4.76. The lowest BCUT2D eigenvalue weighted by atomic mass is 10.2. The molecule has 2 aromatic rings. The van der Waals surface area contributed by atoms with E-state index in [0.717, 1.165) is 16.7 Å². The second kappa shape index (κ2) is 6.98. The molecule has 1 fully saturated rings. The van der Waals surface area contributed by atoms with Crippen LogP contribution >= 0.6 is 58.2 Å². The van der Waals surface area contributed by atoms with Crippen LogP contribution < -0.4 is 4.90 Å². The Bertz CT molecular complexity index is 898. The highest BCUT2D eigenvalue weighted by Crippen LogP contribution is 2.38. The Kier molecular flexibility index (Phi) is 5.13. The third-order valence-electron chi connectivity index (χ3n) is 3.22. The monoisotopic (exact) mass is 417 g/mol. The molecule has 122 valence electrons. The molecule has 2 aromatic carbocycles. The Morgan fingerprint density at radius 1 is 0.917 bits per heavy atom. The number of hydrogen-bond acceptors (Lipinski definition) is 3. The SMILES string of the molecule is O=C1S/C(=C/c2cccc(Cl)c2Cl)C(=O)N1c1ccc(Cl)c(Cl)c1. The molecule has 24 heavy (non-hydrogen) atoms. The number of benzene rings is 2. The van der Waals surface area contributed by atoms with Crippen LogP contribution in [0.3, 0.4) is 0 Å². The highest BCUT2D eigenvalue weighted by Gasteiger charge is 2.36. The summed E-state index contributed by atoms with van der Waals surface area (Å²) in [4.78, 5) is 26.1. The molecule has 3 rings (SSSR count). The van der Waals surface area contributed by atoms with Gasteiger partial charge < -0.3 is 0 Å². The minimum Gasteiger partial charge on any atom is -0.268 e. The molecule has 0 unspecified atom stereocenters. The first-order valence-electron chi connectivity index (χ1n) is 6.55. The number of carbonyl (C=O) groups excluding carboxylic acids is 2. The van der Waals surface area contributed by atoms with Crippen LogP contribution in [0.25, 0.3) is 6.08 Å². The van der Waals surface area contributed by atoms with Crippen molar-refractivity contribution < 1.29 is 9.59 Å². The molecule has 1 heterocycles. The Balaban J connectivity index is 1.98. The molecule has 0 atom stereocenters. The Morgan fingerprint density at radius 3 is 2.38 bits per heavy atom. The molecule has 1 aliphatic heterocycles. The van der Waals surface area contributed by atoms with Crippen LogP contribution in [0.4, 0.5) is 10.5 Å². The smallest absolute Gasteiger partial charge is 0.268 e. The van der Waals surface area contributed by atoms with Gasteiger partial charge in [-0.3, -0.25) is 9.59 Å². The third-order valence-corrected chi connectivity index (χ3v) is 5.67. The van der Waals surface area contributed by atoms with E-state index < -0.39 is 11.1 Å². The topological polar surface area (TPSA) is 37.4 Å². The van der Waals surface area contributed by atoms with Gasteiger partial charge in [0.15, 0.2) is 0 Å². The van der Waals surface area contributed by atoms with Crippen molar-refractivity contribution in [2.24, 2.45) is 0 Å². The van der Waals surface area contributed by atoms with Crippen molar-refractivity contribution in [2.75, 3.05) is 4.90 Å². The normalized spacial score (nSPS) is 16.3. The van der Waals surface area contributed by atoms with Crippen LogP contribution in [0.1, 0.15) is 5.56 Å². The molecule has 3 nitrogen and oxygen atoms in total. The van der Waals surface area contributed by atoms with Crippen LogP contribution in [0.15, 0.2) is 41.3 Å². The number of thioether (sulfide) groups is 1. The highest BCUT2D eigenvalue weighted by molar-refractivity contribution is 8.19. The summed E-state index contributed by atoms with van der Waals surface area (Å²) < 4.78 is 0. The predicted molar refractivity (Wildman–Crippen MR) is 101 cm³/mol. The van der Waals surface area contributed by atoms with Crippen molar-refractivity contribution in [1.29, 1.82) is 0 Å². The molecule has 0 spiro atoms. The highest BCUT2D eigenvalue weighted by atomic mass is 35.5. The Hall–Kier alpha value is -1.17. The molecule has 8 heteroatoms. The van der Waals surface area contributed by atoms with Crippen molar-refractivity contribution in [3.8, 4) is 0 Å². The fourth-order valence-corrected chi connectivity index (χ4v) is 3.57. The average molecular weight is 419 g/mol. The van der Waals surface area contributed by atoms with Gasteiger partial charge in [-0.1, -0.05) is 58.5 Å². The molecule has 0 radical (unpaired) electrons. The molecular weight excluding hydrogens is 412 g/mol. The predicted octanol–water partition coefficient (Wildman–Crippen LogP) is 6.54. The zero-order valence-corrected chi connectivity index (χ0v) is 15.6. The molecule has 2 amide bonds. The molecule has 1 saturated heterocycles. The van der Waals surface area contributed by atoms with E-state index in [-0.39, 0.29) is 9.93 Å². The van der Waals surface area contributed by atoms with Gasteiger partial charge in [-0.15, -0.1) is 0 Å². The van der Waals surface area contributed by atoms with Gasteiger partial charge in [0, 0.05) is 0 Å². The van der Waals surface area contributed by atoms with E-state index in [1.807, 2.05) is 0 Å². The van der Waals surface area contributed by atoms with Gasteiger partial charge in [-0.05, 0) is 47.7 Å². The fourth-order valence-electron chi connectivity index (χ4n) is 2.09. The summed E-state index contributed by atoms with van der Waals surface area (Å²) in [6.45, 7) is 0. The number of carbonyl (C=O) groups is 2. The summed E-state index contributed by atoms with van der Waals surface area (Å²) in [7, 11) is 0. The van der Waals surface area contributed by atoms with E-state index in [2.05, 4.69) is 0 Å². The lowest BCUT2D eigenvalue weighted by Gasteiger charge is -2.13. The van der Waals surface area contributed by atoms with E-state index in [1.54, 1.807) is 24.3 Å². The van der Waals surface area contributed by atoms with E-state index in [1.165, 1.54) is 18.2 Å². The van der Waals surface area contributed by atoms with Gasteiger partial charge in [0.25, 0.3) is 11.1 Å². The molecule has 0 aromatic heterocycles. The summed E-state index contributed by atoms with van der Waals surface area (Å²) in [5.41, 5.74) is 0.913. The summed E-state index contributed by atoms with van der Waals surface area (Å²) in [6.07, 6.45) is 1.54. The van der Waals surface area contributed by atoms with Gasteiger partial charge in [-0.2, -0.15) is 0 Å². The summed E-state index contributed by atoms with van der Waals surface area (Å²) in [5, 5.41) is 0.862. The molecule has 0 aliphatic carbocycles. The number of hydrogen-bond donors (Lipinski definition) is 0. The van der Waals surface area contributed by atoms with Gasteiger partial charge in [0.2, 0.25) is 0 Å². The molecule has 0 saturated carbocycles. The van der Waals surface area contributed by atoms with E-state index in [4.69, 9.17) is 46.4 Å². The summed E-state index contributed by atoms with van der Waals surface area (Å²) in [6, 6.07) is 9.61. The van der Waals surface area contributed by atoms with Crippen LogP contribution in [0.5, 0.6) is 0 Å². The first kappa shape index (κ1) is 17.6. The lowest BCUT2D eigenvalue weighted by molar-refractivity contribution is -0.113. The van der Waals surface area contributed by atoms with Crippen LogP contribution in [0.2, 0.25) is 20.1 Å². The van der Waals surface area contributed by atoms with Crippen molar-refractivity contribution in [3.63, 3.8) is 0 Å². The van der Waals surface area contributed by atoms with Crippen LogP contribution in [-0.4, -0.2) is 11.1 Å². The van der Waals surface area contributed by atoms with Gasteiger partial charge in [0.05, 0.1) is 30.7 Å². The van der Waals surface area contributed by atoms with Gasteiger partial charge in [0.1, 0.15) is 0 Å². The standard InChI is InChI=1S/C16H7Cl4NO2S/c17-10-5-4-9(7-12(10)19)21-15(22)13(24-16(21)23)6-8-2-1-3-11(18)14(8)20/h1-7H/b13-6+. The Morgan fingerprint density at radius 2 is 1.67 bits per heavy atom. The molecule has 1 aliphatic rings. The number of anilines is 1. The lowest BCUT2D eigenvalue weighted by Crippen LogP contribution is -2.27. The average Bonchev–Trinajstić information content (AvgIpc) is 2.81. The third kappa shape index (κ3) is 3.30. The largest absolute Gasteiger partial charge is 0.298 e.